The van der Waals surface area contributed by atoms with Gasteiger partial charge >= 0.3 is 0 Å². The Hall–Kier alpha value is 0.170. The van der Waals surface area contributed by atoms with Gasteiger partial charge in [-0.25, -0.2) is 0 Å². The second-order valence-corrected chi connectivity index (χ2v) is 5.80. The number of nitrogens with zero attached hydrogens (tertiary/aromatic N) is 1. The zero-order valence-corrected chi connectivity index (χ0v) is 12.5. The first-order valence-corrected chi connectivity index (χ1v) is 7.31. The SMILES string of the molecule is CN(CCC1CCOCC1)CC1CCNCC1.Cl. The molecule has 0 aromatic heterocycles. The number of hydrogen-bond acceptors (Lipinski definition) is 3. The van der Waals surface area contributed by atoms with E-state index in [1.807, 2.05) is 0 Å². The normalized spacial score (nSPS) is 23.0. The van der Waals surface area contributed by atoms with Crippen LogP contribution in [-0.4, -0.2) is 51.3 Å². The lowest BCUT2D eigenvalue weighted by Gasteiger charge is -2.29. The van der Waals surface area contributed by atoms with Gasteiger partial charge in [0, 0.05) is 19.8 Å². The summed E-state index contributed by atoms with van der Waals surface area (Å²) in [5, 5.41) is 3.44. The number of rotatable bonds is 5. The summed E-state index contributed by atoms with van der Waals surface area (Å²) in [5.74, 6) is 1.84. The van der Waals surface area contributed by atoms with Gasteiger partial charge in [0.2, 0.25) is 0 Å². The Bertz CT molecular complexity index is 204. The third-order valence-corrected chi connectivity index (χ3v) is 4.29. The van der Waals surface area contributed by atoms with Crippen LogP contribution in [0.5, 0.6) is 0 Å². The molecule has 2 aliphatic rings. The van der Waals surface area contributed by atoms with Gasteiger partial charge in [-0.1, -0.05) is 0 Å². The Balaban J connectivity index is 0.00000162. The molecular formula is C14H29ClN2O. The predicted octanol–water partition coefficient (Wildman–Crippen LogP) is 2.16. The average Bonchev–Trinajstić information content (AvgIpc) is 2.39. The van der Waals surface area contributed by atoms with Gasteiger partial charge in [-0.2, -0.15) is 0 Å². The van der Waals surface area contributed by atoms with E-state index in [1.165, 1.54) is 58.3 Å². The molecule has 0 saturated carbocycles. The fourth-order valence-corrected chi connectivity index (χ4v) is 3.03. The highest BCUT2D eigenvalue weighted by molar-refractivity contribution is 5.85. The minimum Gasteiger partial charge on any atom is -0.381 e. The molecule has 2 rings (SSSR count). The Morgan fingerprint density at radius 1 is 1.06 bits per heavy atom. The molecule has 2 fully saturated rings. The van der Waals surface area contributed by atoms with Crippen molar-refractivity contribution < 1.29 is 4.74 Å². The molecule has 0 unspecified atom stereocenters. The van der Waals surface area contributed by atoms with Crippen molar-refractivity contribution in [1.29, 1.82) is 0 Å². The van der Waals surface area contributed by atoms with E-state index in [2.05, 4.69) is 17.3 Å². The second kappa shape index (κ2) is 9.13. The van der Waals surface area contributed by atoms with Crippen molar-refractivity contribution in [1.82, 2.24) is 10.2 Å². The lowest BCUT2D eigenvalue weighted by Crippen LogP contribution is -2.35. The average molecular weight is 277 g/mol. The van der Waals surface area contributed by atoms with Crippen molar-refractivity contribution in [2.24, 2.45) is 11.8 Å². The summed E-state index contributed by atoms with van der Waals surface area (Å²) in [6.07, 6.45) is 6.65. The van der Waals surface area contributed by atoms with E-state index >= 15 is 0 Å². The van der Waals surface area contributed by atoms with E-state index in [0.29, 0.717) is 0 Å². The molecule has 2 aliphatic heterocycles. The van der Waals surface area contributed by atoms with Crippen molar-refractivity contribution in [3.05, 3.63) is 0 Å². The Morgan fingerprint density at radius 3 is 2.39 bits per heavy atom. The highest BCUT2D eigenvalue weighted by Crippen LogP contribution is 2.19. The van der Waals surface area contributed by atoms with Crippen LogP contribution < -0.4 is 5.32 Å². The highest BCUT2D eigenvalue weighted by atomic mass is 35.5. The van der Waals surface area contributed by atoms with Crippen LogP contribution in [0.25, 0.3) is 0 Å². The van der Waals surface area contributed by atoms with Gasteiger partial charge in [-0.05, 0) is 70.6 Å². The van der Waals surface area contributed by atoms with Crippen LogP contribution in [0.1, 0.15) is 32.1 Å². The van der Waals surface area contributed by atoms with Gasteiger partial charge in [0.25, 0.3) is 0 Å². The third-order valence-electron chi connectivity index (χ3n) is 4.29. The van der Waals surface area contributed by atoms with Gasteiger partial charge in [-0.15, -0.1) is 12.4 Å². The minimum absolute atomic E-state index is 0. The molecule has 0 bridgehead atoms. The van der Waals surface area contributed by atoms with E-state index in [9.17, 15) is 0 Å². The first-order valence-electron chi connectivity index (χ1n) is 7.31. The maximum absolute atomic E-state index is 5.41. The fourth-order valence-electron chi connectivity index (χ4n) is 3.03. The van der Waals surface area contributed by atoms with E-state index in [4.69, 9.17) is 4.74 Å². The second-order valence-electron chi connectivity index (χ2n) is 5.80. The monoisotopic (exact) mass is 276 g/mol. The van der Waals surface area contributed by atoms with Crippen molar-refractivity contribution >= 4 is 12.4 Å². The van der Waals surface area contributed by atoms with Crippen molar-refractivity contribution in [3.63, 3.8) is 0 Å². The highest BCUT2D eigenvalue weighted by Gasteiger charge is 2.17. The molecule has 4 heteroatoms. The summed E-state index contributed by atoms with van der Waals surface area (Å²) in [6, 6.07) is 0. The molecule has 2 saturated heterocycles. The number of piperidine rings is 1. The summed E-state index contributed by atoms with van der Waals surface area (Å²) in [6.45, 7) is 6.99. The van der Waals surface area contributed by atoms with Gasteiger partial charge < -0.3 is 15.0 Å². The van der Waals surface area contributed by atoms with Crippen LogP contribution in [0.3, 0.4) is 0 Å². The zero-order chi connectivity index (χ0) is 11.9. The molecule has 0 radical (unpaired) electrons. The van der Waals surface area contributed by atoms with Crippen molar-refractivity contribution in [2.75, 3.05) is 46.4 Å². The van der Waals surface area contributed by atoms with E-state index in [0.717, 1.165) is 25.0 Å². The van der Waals surface area contributed by atoms with Crippen molar-refractivity contribution in [2.45, 2.75) is 32.1 Å². The molecule has 18 heavy (non-hydrogen) atoms. The number of hydrogen-bond donors (Lipinski definition) is 1. The number of nitrogens with one attached hydrogen (secondary N) is 1. The zero-order valence-electron chi connectivity index (χ0n) is 11.7. The van der Waals surface area contributed by atoms with Gasteiger partial charge in [-0.3, -0.25) is 0 Å². The summed E-state index contributed by atoms with van der Waals surface area (Å²) >= 11 is 0. The van der Waals surface area contributed by atoms with E-state index < -0.39 is 0 Å². The Morgan fingerprint density at radius 2 is 1.72 bits per heavy atom. The maximum atomic E-state index is 5.41. The molecule has 0 aromatic rings. The van der Waals surface area contributed by atoms with Crippen molar-refractivity contribution in [3.8, 4) is 0 Å². The molecular weight excluding hydrogens is 248 g/mol. The molecule has 108 valence electrons. The molecule has 0 aliphatic carbocycles. The first-order chi connectivity index (χ1) is 8.34. The maximum Gasteiger partial charge on any atom is 0.0468 e. The van der Waals surface area contributed by atoms with Crippen LogP contribution in [0.4, 0.5) is 0 Å². The van der Waals surface area contributed by atoms with Crippen LogP contribution in [-0.2, 0) is 4.74 Å². The summed E-state index contributed by atoms with van der Waals surface area (Å²) in [4.78, 5) is 2.55. The Labute approximate surface area is 118 Å². The Kier molecular flexibility index (Phi) is 8.23. The molecule has 2 heterocycles. The standard InChI is InChI=1S/C14H28N2O.ClH/c1-16(12-14-2-7-15-8-3-14)9-4-13-5-10-17-11-6-13;/h13-15H,2-12H2,1H3;1H. The third kappa shape index (κ3) is 5.87. The van der Waals surface area contributed by atoms with Crippen LogP contribution in [0.15, 0.2) is 0 Å². The van der Waals surface area contributed by atoms with Gasteiger partial charge in [0.15, 0.2) is 0 Å². The summed E-state index contributed by atoms with van der Waals surface area (Å²) in [5.41, 5.74) is 0. The number of ether oxygens (including phenoxy) is 1. The van der Waals surface area contributed by atoms with Crippen LogP contribution in [0, 0.1) is 11.8 Å². The molecule has 0 aromatic carbocycles. The van der Waals surface area contributed by atoms with E-state index in [1.54, 1.807) is 0 Å². The molecule has 1 N–H and O–H groups in total. The fraction of sp³-hybridized carbons (Fsp3) is 1.00. The largest absolute Gasteiger partial charge is 0.381 e. The van der Waals surface area contributed by atoms with E-state index in [-0.39, 0.29) is 12.4 Å². The van der Waals surface area contributed by atoms with Gasteiger partial charge in [0.1, 0.15) is 0 Å². The smallest absolute Gasteiger partial charge is 0.0468 e. The minimum atomic E-state index is 0. The van der Waals surface area contributed by atoms with Gasteiger partial charge in [0.05, 0.1) is 0 Å². The molecule has 0 amide bonds. The van der Waals surface area contributed by atoms with Crippen LogP contribution in [0.2, 0.25) is 0 Å². The predicted molar refractivity (Wildman–Crippen MR) is 78.5 cm³/mol. The molecule has 0 atom stereocenters. The molecule has 0 spiro atoms. The molecule has 3 nitrogen and oxygen atoms in total. The quantitative estimate of drug-likeness (QED) is 0.833. The topological polar surface area (TPSA) is 24.5 Å². The summed E-state index contributed by atoms with van der Waals surface area (Å²) in [7, 11) is 2.29. The summed E-state index contributed by atoms with van der Waals surface area (Å²) < 4.78 is 5.41. The lowest BCUT2D eigenvalue weighted by atomic mass is 9.95. The lowest BCUT2D eigenvalue weighted by molar-refractivity contribution is 0.0603. The van der Waals surface area contributed by atoms with Crippen LogP contribution >= 0.6 is 12.4 Å². The number of halogens is 1. The first kappa shape index (κ1) is 16.2.